The van der Waals surface area contributed by atoms with E-state index in [1.54, 1.807) is 7.11 Å². The third kappa shape index (κ3) is 2.58. The van der Waals surface area contributed by atoms with Crippen LogP contribution in [0.5, 0.6) is 0 Å². The predicted octanol–water partition coefficient (Wildman–Crippen LogP) is 2.81. The number of ether oxygens (including phenoxy) is 1. The monoisotopic (exact) mass is 207 g/mol. The summed E-state index contributed by atoms with van der Waals surface area (Å²) in [7, 11) is 1.72. The van der Waals surface area contributed by atoms with E-state index in [2.05, 4.69) is 45.0 Å². The lowest BCUT2D eigenvalue weighted by Gasteiger charge is -2.33. The molecule has 0 fully saturated rings. The summed E-state index contributed by atoms with van der Waals surface area (Å²) in [6.07, 6.45) is 0.901. The highest BCUT2D eigenvalue weighted by atomic mass is 16.5. The van der Waals surface area contributed by atoms with E-state index >= 15 is 0 Å². The lowest BCUT2D eigenvalue weighted by Crippen LogP contribution is -2.39. The number of benzene rings is 1. The van der Waals surface area contributed by atoms with Gasteiger partial charge in [0, 0.05) is 7.11 Å². The zero-order valence-electron chi connectivity index (χ0n) is 10.1. The van der Waals surface area contributed by atoms with Gasteiger partial charge in [0.25, 0.3) is 0 Å². The standard InChI is InChI=1S/C13H21NO/c1-5-13(3,15-4)12(14)11-8-6-10(2)7-9-11/h6-9,12H,5,14H2,1-4H3. The molecule has 84 valence electrons. The van der Waals surface area contributed by atoms with Gasteiger partial charge < -0.3 is 10.5 Å². The molecule has 2 heteroatoms. The molecule has 1 aromatic carbocycles. The molecule has 1 aromatic rings. The molecule has 0 saturated heterocycles. The second-order valence-electron chi connectivity index (χ2n) is 4.26. The van der Waals surface area contributed by atoms with Crippen molar-refractivity contribution in [3.05, 3.63) is 35.4 Å². The van der Waals surface area contributed by atoms with Gasteiger partial charge in [-0.2, -0.15) is 0 Å². The minimum Gasteiger partial charge on any atom is -0.377 e. The van der Waals surface area contributed by atoms with Crippen LogP contribution in [0.2, 0.25) is 0 Å². The summed E-state index contributed by atoms with van der Waals surface area (Å²) in [6, 6.07) is 8.25. The van der Waals surface area contributed by atoms with Gasteiger partial charge in [0.2, 0.25) is 0 Å². The second kappa shape index (κ2) is 4.77. The Balaban J connectivity index is 2.92. The van der Waals surface area contributed by atoms with E-state index in [1.807, 2.05) is 0 Å². The van der Waals surface area contributed by atoms with Crippen molar-refractivity contribution in [2.45, 2.75) is 38.8 Å². The molecule has 0 heterocycles. The first-order valence-corrected chi connectivity index (χ1v) is 5.41. The van der Waals surface area contributed by atoms with Crippen LogP contribution in [0.4, 0.5) is 0 Å². The molecule has 2 unspecified atom stereocenters. The van der Waals surface area contributed by atoms with Gasteiger partial charge in [-0.25, -0.2) is 0 Å². The van der Waals surface area contributed by atoms with Crippen LogP contribution in [-0.4, -0.2) is 12.7 Å². The van der Waals surface area contributed by atoms with Crippen molar-refractivity contribution in [1.82, 2.24) is 0 Å². The van der Waals surface area contributed by atoms with Gasteiger partial charge >= 0.3 is 0 Å². The third-order valence-corrected chi connectivity index (χ3v) is 3.26. The van der Waals surface area contributed by atoms with Crippen LogP contribution < -0.4 is 5.73 Å². The van der Waals surface area contributed by atoms with E-state index in [0.29, 0.717) is 0 Å². The quantitative estimate of drug-likeness (QED) is 0.824. The smallest absolute Gasteiger partial charge is 0.0839 e. The maximum Gasteiger partial charge on any atom is 0.0839 e. The fourth-order valence-electron chi connectivity index (χ4n) is 1.62. The molecule has 0 amide bonds. The van der Waals surface area contributed by atoms with Gasteiger partial charge in [0.05, 0.1) is 11.6 Å². The number of methoxy groups -OCH3 is 1. The van der Waals surface area contributed by atoms with Gasteiger partial charge in [0.15, 0.2) is 0 Å². The average molecular weight is 207 g/mol. The summed E-state index contributed by atoms with van der Waals surface area (Å²) in [5.41, 5.74) is 8.32. The van der Waals surface area contributed by atoms with Crippen LogP contribution in [0.25, 0.3) is 0 Å². The van der Waals surface area contributed by atoms with Crippen molar-refractivity contribution in [1.29, 1.82) is 0 Å². The fourth-order valence-corrected chi connectivity index (χ4v) is 1.62. The van der Waals surface area contributed by atoms with Crippen LogP contribution in [-0.2, 0) is 4.74 Å². The summed E-state index contributed by atoms with van der Waals surface area (Å²) < 4.78 is 5.51. The Hall–Kier alpha value is -0.860. The first-order chi connectivity index (χ1) is 7.03. The van der Waals surface area contributed by atoms with E-state index in [4.69, 9.17) is 10.5 Å². The molecule has 2 N–H and O–H groups in total. The Morgan fingerprint density at radius 2 is 1.87 bits per heavy atom. The number of rotatable bonds is 4. The second-order valence-corrected chi connectivity index (χ2v) is 4.26. The molecule has 2 atom stereocenters. The van der Waals surface area contributed by atoms with E-state index < -0.39 is 0 Å². The van der Waals surface area contributed by atoms with Gasteiger partial charge in [-0.15, -0.1) is 0 Å². The maximum absolute atomic E-state index is 6.22. The first kappa shape index (κ1) is 12.2. The van der Waals surface area contributed by atoms with Gasteiger partial charge in [-0.3, -0.25) is 0 Å². The normalized spacial score (nSPS) is 17.1. The number of hydrogen-bond acceptors (Lipinski definition) is 2. The van der Waals surface area contributed by atoms with E-state index in [-0.39, 0.29) is 11.6 Å². The summed E-state index contributed by atoms with van der Waals surface area (Å²) in [4.78, 5) is 0. The Kier molecular flexibility index (Phi) is 3.89. The van der Waals surface area contributed by atoms with Crippen LogP contribution in [0, 0.1) is 6.92 Å². The van der Waals surface area contributed by atoms with Crippen LogP contribution in [0.3, 0.4) is 0 Å². The molecule has 0 radical (unpaired) electrons. The summed E-state index contributed by atoms with van der Waals surface area (Å²) in [6.45, 7) is 6.22. The van der Waals surface area contributed by atoms with Gasteiger partial charge in [-0.05, 0) is 25.8 Å². The van der Waals surface area contributed by atoms with Gasteiger partial charge in [0.1, 0.15) is 0 Å². The average Bonchev–Trinajstić information content (AvgIpc) is 2.28. The number of nitrogens with two attached hydrogens (primary N) is 1. The zero-order chi connectivity index (χ0) is 11.5. The zero-order valence-corrected chi connectivity index (χ0v) is 10.1. The summed E-state index contributed by atoms with van der Waals surface area (Å²) in [5, 5.41) is 0. The molecule has 0 aliphatic rings. The lowest BCUT2D eigenvalue weighted by molar-refractivity contribution is -0.0194. The summed E-state index contributed by atoms with van der Waals surface area (Å²) >= 11 is 0. The molecule has 2 nitrogen and oxygen atoms in total. The fraction of sp³-hybridized carbons (Fsp3) is 0.538. The van der Waals surface area contributed by atoms with E-state index in [9.17, 15) is 0 Å². The summed E-state index contributed by atoms with van der Waals surface area (Å²) in [5.74, 6) is 0. The molecule has 0 aliphatic carbocycles. The minimum absolute atomic E-state index is 0.0758. The topological polar surface area (TPSA) is 35.2 Å². The van der Waals surface area contributed by atoms with Crippen molar-refractivity contribution in [2.24, 2.45) is 5.73 Å². The Bertz CT molecular complexity index is 301. The number of aryl methyl sites for hydroxylation is 1. The predicted molar refractivity (Wildman–Crippen MR) is 63.8 cm³/mol. The molecular weight excluding hydrogens is 186 g/mol. The molecule has 0 saturated carbocycles. The van der Waals surface area contributed by atoms with Crippen molar-refractivity contribution in [3.8, 4) is 0 Å². The Morgan fingerprint density at radius 1 is 1.33 bits per heavy atom. The third-order valence-electron chi connectivity index (χ3n) is 3.26. The molecule has 0 aliphatic heterocycles. The molecule has 0 spiro atoms. The maximum atomic E-state index is 6.22. The van der Waals surface area contributed by atoms with Crippen molar-refractivity contribution in [2.75, 3.05) is 7.11 Å². The molecule has 15 heavy (non-hydrogen) atoms. The molecular formula is C13H21NO. The van der Waals surface area contributed by atoms with Crippen molar-refractivity contribution >= 4 is 0 Å². The highest BCUT2D eigenvalue weighted by Crippen LogP contribution is 2.29. The first-order valence-electron chi connectivity index (χ1n) is 5.41. The molecule has 0 aromatic heterocycles. The highest BCUT2D eigenvalue weighted by Gasteiger charge is 2.30. The van der Waals surface area contributed by atoms with E-state index in [0.717, 1.165) is 12.0 Å². The van der Waals surface area contributed by atoms with E-state index in [1.165, 1.54) is 5.56 Å². The molecule has 1 rings (SSSR count). The SMILES string of the molecule is CCC(C)(OC)C(N)c1ccc(C)cc1. The van der Waals surface area contributed by atoms with Crippen molar-refractivity contribution < 1.29 is 4.74 Å². The van der Waals surface area contributed by atoms with Crippen LogP contribution in [0.15, 0.2) is 24.3 Å². The largest absolute Gasteiger partial charge is 0.377 e. The van der Waals surface area contributed by atoms with Gasteiger partial charge in [-0.1, -0.05) is 36.8 Å². The van der Waals surface area contributed by atoms with Crippen LogP contribution in [0.1, 0.15) is 37.4 Å². The van der Waals surface area contributed by atoms with Crippen LogP contribution >= 0.6 is 0 Å². The minimum atomic E-state index is -0.282. The molecule has 0 bridgehead atoms. The lowest BCUT2D eigenvalue weighted by atomic mass is 9.88. The number of hydrogen-bond donors (Lipinski definition) is 1. The Labute approximate surface area is 92.4 Å². The van der Waals surface area contributed by atoms with Crippen molar-refractivity contribution in [3.63, 3.8) is 0 Å². The highest BCUT2D eigenvalue weighted by molar-refractivity contribution is 5.25. The Morgan fingerprint density at radius 3 is 2.27 bits per heavy atom.